The molecule has 3 aromatic rings. The van der Waals surface area contributed by atoms with Crippen LogP contribution in [0.5, 0.6) is 0 Å². The Hall–Kier alpha value is -3.64. The molecule has 2 aromatic carbocycles. The van der Waals surface area contributed by atoms with Crippen LogP contribution in [0, 0.1) is 10.1 Å². The monoisotopic (exact) mass is 498 g/mol. The number of benzene rings is 2. The minimum atomic E-state index is -0.450. The summed E-state index contributed by atoms with van der Waals surface area (Å²) in [4.78, 5) is 25.8. The Morgan fingerprint density at radius 1 is 1.06 bits per heavy atom. The summed E-state index contributed by atoms with van der Waals surface area (Å²) < 4.78 is 6.32. The van der Waals surface area contributed by atoms with Crippen molar-refractivity contribution in [3.8, 4) is 0 Å². The van der Waals surface area contributed by atoms with Crippen LogP contribution in [-0.4, -0.2) is 52.4 Å². The molecule has 1 aliphatic rings. The number of hydrazone groups is 1. The fraction of sp³-hybridized carbons (Fsp3) is 0.200. The molecule has 0 amide bonds. The number of halogens is 1. The van der Waals surface area contributed by atoms with Gasteiger partial charge in [0.15, 0.2) is 0 Å². The van der Waals surface area contributed by atoms with E-state index in [0.29, 0.717) is 37.9 Å². The molecule has 2 heterocycles. The van der Waals surface area contributed by atoms with Gasteiger partial charge in [-0.1, -0.05) is 34.1 Å². The fourth-order valence-electron chi connectivity index (χ4n) is 2.91. The maximum atomic E-state index is 10.9. The van der Waals surface area contributed by atoms with E-state index in [9.17, 15) is 10.1 Å². The Morgan fingerprint density at radius 3 is 2.50 bits per heavy atom. The van der Waals surface area contributed by atoms with E-state index in [0.717, 1.165) is 10.0 Å². The number of anilines is 4. The van der Waals surface area contributed by atoms with E-state index in [1.54, 1.807) is 18.3 Å². The summed E-state index contributed by atoms with van der Waals surface area (Å²) in [5, 5.41) is 18.2. The molecule has 0 unspecified atom stereocenters. The van der Waals surface area contributed by atoms with Gasteiger partial charge in [0.2, 0.25) is 17.8 Å². The van der Waals surface area contributed by atoms with Gasteiger partial charge in [-0.2, -0.15) is 20.1 Å². The van der Waals surface area contributed by atoms with Crippen LogP contribution in [0.2, 0.25) is 0 Å². The Bertz CT molecular complexity index is 1120. The van der Waals surface area contributed by atoms with Gasteiger partial charge in [-0.15, -0.1) is 0 Å². The molecular formula is C20H19BrN8O3. The third kappa shape index (κ3) is 5.53. The number of hydrogen-bond donors (Lipinski definition) is 2. The SMILES string of the molecule is O=[N+]([O-])c1ccc(Nc2nc(NN=Cc3ccccc3Br)nc(N3CCOCC3)n2)cc1. The van der Waals surface area contributed by atoms with Crippen molar-refractivity contribution in [3.63, 3.8) is 0 Å². The van der Waals surface area contributed by atoms with Crippen LogP contribution in [0.3, 0.4) is 0 Å². The minimum absolute atomic E-state index is 0.00367. The highest BCUT2D eigenvalue weighted by atomic mass is 79.9. The van der Waals surface area contributed by atoms with Crippen molar-refractivity contribution in [2.75, 3.05) is 41.9 Å². The maximum Gasteiger partial charge on any atom is 0.269 e. The molecule has 0 aliphatic carbocycles. The molecular weight excluding hydrogens is 480 g/mol. The second-order valence-electron chi connectivity index (χ2n) is 6.70. The average Bonchev–Trinajstić information content (AvgIpc) is 2.81. The zero-order chi connectivity index (χ0) is 22.3. The number of nitro benzene ring substituents is 1. The zero-order valence-corrected chi connectivity index (χ0v) is 18.4. The first-order valence-electron chi connectivity index (χ1n) is 9.72. The number of morpholine rings is 1. The van der Waals surface area contributed by atoms with Gasteiger partial charge >= 0.3 is 0 Å². The normalized spacial score (nSPS) is 13.8. The first-order valence-corrected chi connectivity index (χ1v) is 10.5. The van der Waals surface area contributed by atoms with Crippen molar-refractivity contribution in [2.24, 2.45) is 5.10 Å². The van der Waals surface area contributed by atoms with Crippen LogP contribution < -0.4 is 15.6 Å². The highest BCUT2D eigenvalue weighted by molar-refractivity contribution is 9.10. The predicted octanol–water partition coefficient (Wildman–Crippen LogP) is 3.57. The molecule has 0 bridgehead atoms. The maximum absolute atomic E-state index is 10.9. The molecule has 32 heavy (non-hydrogen) atoms. The van der Waals surface area contributed by atoms with E-state index in [-0.39, 0.29) is 17.6 Å². The largest absolute Gasteiger partial charge is 0.378 e. The highest BCUT2D eigenvalue weighted by Gasteiger charge is 2.17. The Morgan fingerprint density at radius 2 is 1.78 bits per heavy atom. The van der Waals surface area contributed by atoms with Crippen LogP contribution in [0.15, 0.2) is 58.1 Å². The summed E-state index contributed by atoms with van der Waals surface area (Å²) in [5.74, 6) is 1.02. The van der Waals surface area contributed by atoms with Gasteiger partial charge in [0.25, 0.3) is 5.69 Å². The highest BCUT2D eigenvalue weighted by Crippen LogP contribution is 2.21. The minimum Gasteiger partial charge on any atom is -0.378 e. The lowest BCUT2D eigenvalue weighted by Gasteiger charge is -2.27. The molecule has 12 heteroatoms. The van der Waals surface area contributed by atoms with Gasteiger partial charge in [0.1, 0.15) is 0 Å². The van der Waals surface area contributed by atoms with E-state index in [1.807, 2.05) is 29.2 Å². The lowest BCUT2D eigenvalue weighted by atomic mass is 10.2. The van der Waals surface area contributed by atoms with Crippen molar-refractivity contribution < 1.29 is 9.66 Å². The molecule has 1 saturated heterocycles. The number of nitrogens with zero attached hydrogens (tertiary/aromatic N) is 6. The van der Waals surface area contributed by atoms with Gasteiger partial charge in [0.05, 0.1) is 24.4 Å². The standard InChI is InChI=1S/C20H19BrN8O3/c21-17-4-2-1-3-14(17)13-22-27-19-24-18(23-15-5-7-16(8-6-15)29(30)31)25-20(26-19)28-9-11-32-12-10-28/h1-8,13H,9-12H2,(H2,23,24,25,26,27). The first kappa shape index (κ1) is 21.6. The van der Waals surface area contributed by atoms with E-state index < -0.39 is 4.92 Å². The second kappa shape index (κ2) is 10.1. The molecule has 2 N–H and O–H groups in total. The van der Waals surface area contributed by atoms with Gasteiger partial charge in [-0.05, 0) is 18.2 Å². The molecule has 0 saturated carbocycles. The Balaban J connectivity index is 1.57. The van der Waals surface area contributed by atoms with E-state index in [4.69, 9.17) is 4.74 Å². The van der Waals surface area contributed by atoms with E-state index >= 15 is 0 Å². The number of rotatable bonds is 7. The van der Waals surface area contributed by atoms with Crippen molar-refractivity contribution in [2.45, 2.75) is 0 Å². The van der Waals surface area contributed by atoms with Crippen LogP contribution in [0.25, 0.3) is 0 Å². The second-order valence-corrected chi connectivity index (χ2v) is 7.56. The molecule has 0 radical (unpaired) electrons. The molecule has 0 atom stereocenters. The van der Waals surface area contributed by atoms with Crippen LogP contribution in [0.4, 0.5) is 29.2 Å². The van der Waals surface area contributed by atoms with E-state index in [2.05, 4.69) is 46.7 Å². The first-order chi connectivity index (χ1) is 15.6. The number of nitro groups is 1. The van der Waals surface area contributed by atoms with Gasteiger partial charge in [0, 0.05) is 40.9 Å². The number of nitrogens with one attached hydrogen (secondary N) is 2. The summed E-state index contributed by atoms with van der Waals surface area (Å²) in [6, 6.07) is 13.7. The van der Waals surface area contributed by atoms with Gasteiger partial charge in [-0.3, -0.25) is 10.1 Å². The van der Waals surface area contributed by atoms with Crippen molar-refractivity contribution in [1.82, 2.24) is 15.0 Å². The van der Waals surface area contributed by atoms with Crippen LogP contribution in [0.1, 0.15) is 5.56 Å². The summed E-state index contributed by atoms with van der Waals surface area (Å²) in [6.07, 6.45) is 1.66. The van der Waals surface area contributed by atoms with Crippen molar-refractivity contribution in [3.05, 3.63) is 68.7 Å². The fourth-order valence-corrected chi connectivity index (χ4v) is 3.30. The molecule has 1 fully saturated rings. The summed E-state index contributed by atoms with van der Waals surface area (Å²) in [5.41, 5.74) is 4.36. The zero-order valence-electron chi connectivity index (χ0n) is 16.8. The Kier molecular flexibility index (Phi) is 6.82. The topological polar surface area (TPSA) is 131 Å². The quantitative estimate of drug-likeness (QED) is 0.285. The number of hydrogen-bond acceptors (Lipinski definition) is 10. The molecule has 1 aliphatic heterocycles. The van der Waals surface area contributed by atoms with E-state index in [1.165, 1.54) is 12.1 Å². The third-order valence-corrected chi connectivity index (χ3v) is 5.25. The number of non-ortho nitro benzene ring substituents is 1. The molecule has 164 valence electrons. The molecule has 0 spiro atoms. The lowest BCUT2D eigenvalue weighted by Crippen LogP contribution is -2.37. The van der Waals surface area contributed by atoms with Gasteiger partial charge in [-0.25, -0.2) is 5.43 Å². The summed E-state index contributed by atoms with van der Waals surface area (Å²) >= 11 is 3.48. The summed E-state index contributed by atoms with van der Waals surface area (Å²) in [6.45, 7) is 2.47. The lowest BCUT2D eigenvalue weighted by molar-refractivity contribution is -0.384. The van der Waals surface area contributed by atoms with Crippen molar-refractivity contribution >= 4 is 51.4 Å². The van der Waals surface area contributed by atoms with Crippen LogP contribution >= 0.6 is 15.9 Å². The number of aromatic nitrogens is 3. The number of ether oxygens (including phenoxy) is 1. The molecule has 1 aromatic heterocycles. The molecule has 11 nitrogen and oxygen atoms in total. The average molecular weight is 499 g/mol. The Labute approximate surface area is 191 Å². The predicted molar refractivity (Wildman–Crippen MR) is 125 cm³/mol. The smallest absolute Gasteiger partial charge is 0.269 e. The summed E-state index contributed by atoms with van der Waals surface area (Å²) in [7, 11) is 0. The van der Waals surface area contributed by atoms with Gasteiger partial charge < -0.3 is 15.0 Å². The van der Waals surface area contributed by atoms with Crippen molar-refractivity contribution in [1.29, 1.82) is 0 Å². The molecule has 4 rings (SSSR count). The van der Waals surface area contributed by atoms with Crippen LogP contribution in [-0.2, 0) is 4.74 Å². The third-order valence-electron chi connectivity index (χ3n) is 4.53.